The van der Waals surface area contributed by atoms with Crippen LogP contribution in [0.2, 0.25) is 5.02 Å². The Hall–Kier alpha value is -1.88. The number of hydrogen-bond acceptors (Lipinski definition) is 4. The van der Waals surface area contributed by atoms with Gasteiger partial charge >= 0.3 is 0 Å². The zero-order chi connectivity index (χ0) is 17.8. The molecule has 0 spiro atoms. The van der Waals surface area contributed by atoms with Crippen LogP contribution in [0, 0.1) is 5.92 Å². The molecule has 6 heteroatoms. The van der Waals surface area contributed by atoms with Crippen molar-refractivity contribution in [1.82, 2.24) is 15.0 Å². The molecule has 1 heterocycles. The van der Waals surface area contributed by atoms with Gasteiger partial charge in [0, 0.05) is 35.5 Å². The van der Waals surface area contributed by atoms with Crippen molar-refractivity contribution in [1.29, 1.82) is 0 Å². The van der Waals surface area contributed by atoms with Crippen molar-refractivity contribution >= 4 is 17.5 Å². The lowest BCUT2D eigenvalue weighted by atomic mass is 10.1. The van der Waals surface area contributed by atoms with Crippen molar-refractivity contribution in [2.75, 3.05) is 6.54 Å². The van der Waals surface area contributed by atoms with Crippen LogP contribution in [0.3, 0.4) is 0 Å². The molecule has 1 aromatic carbocycles. The number of nitrogens with zero attached hydrogens (tertiary/aromatic N) is 3. The van der Waals surface area contributed by atoms with Crippen LogP contribution < -0.4 is 0 Å². The SMILES string of the molecule is CC(C)N(CCc1nc(-c2cccc(Cl)c2)no1)C(=O)C1CCCC1. The van der Waals surface area contributed by atoms with E-state index in [1.807, 2.05) is 17.0 Å². The zero-order valence-electron chi connectivity index (χ0n) is 14.7. The molecular weight excluding hydrogens is 338 g/mol. The van der Waals surface area contributed by atoms with E-state index in [0.29, 0.717) is 29.7 Å². The van der Waals surface area contributed by atoms with Crippen molar-refractivity contribution in [3.05, 3.63) is 35.2 Å². The molecule has 1 saturated carbocycles. The fourth-order valence-corrected chi connectivity index (χ4v) is 3.54. The first kappa shape index (κ1) is 17.9. The van der Waals surface area contributed by atoms with Gasteiger partial charge in [0.15, 0.2) is 0 Å². The quantitative estimate of drug-likeness (QED) is 0.767. The highest BCUT2D eigenvalue weighted by molar-refractivity contribution is 6.30. The molecule has 0 N–H and O–H groups in total. The van der Waals surface area contributed by atoms with Crippen LogP contribution in [0.25, 0.3) is 11.4 Å². The molecule has 0 unspecified atom stereocenters. The lowest BCUT2D eigenvalue weighted by Gasteiger charge is -2.29. The lowest BCUT2D eigenvalue weighted by molar-refractivity contribution is -0.137. The summed E-state index contributed by atoms with van der Waals surface area (Å²) in [6.45, 7) is 4.71. The summed E-state index contributed by atoms with van der Waals surface area (Å²) in [6.07, 6.45) is 4.91. The molecule has 2 aromatic rings. The minimum absolute atomic E-state index is 0.170. The van der Waals surface area contributed by atoms with E-state index in [0.717, 1.165) is 31.2 Å². The van der Waals surface area contributed by atoms with Crippen LogP contribution in [-0.4, -0.2) is 33.5 Å². The van der Waals surface area contributed by atoms with Crippen LogP contribution in [0.5, 0.6) is 0 Å². The summed E-state index contributed by atoms with van der Waals surface area (Å²) in [5.74, 6) is 1.52. The second-order valence-electron chi connectivity index (χ2n) is 6.88. The smallest absolute Gasteiger partial charge is 0.228 e. The molecule has 1 amide bonds. The molecular formula is C19H24ClN3O2. The minimum Gasteiger partial charge on any atom is -0.340 e. The third kappa shape index (κ3) is 4.40. The minimum atomic E-state index is 0.170. The van der Waals surface area contributed by atoms with E-state index in [9.17, 15) is 4.79 Å². The van der Waals surface area contributed by atoms with Crippen molar-refractivity contribution in [2.45, 2.75) is 52.0 Å². The van der Waals surface area contributed by atoms with E-state index in [4.69, 9.17) is 16.1 Å². The van der Waals surface area contributed by atoms with Crippen molar-refractivity contribution in [3.8, 4) is 11.4 Å². The van der Waals surface area contributed by atoms with Crippen molar-refractivity contribution in [2.24, 2.45) is 5.92 Å². The van der Waals surface area contributed by atoms with Gasteiger partial charge in [-0.25, -0.2) is 0 Å². The summed E-state index contributed by atoms with van der Waals surface area (Å²) in [6, 6.07) is 7.53. The van der Waals surface area contributed by atoms with E-state index in [2.05, 4.69) is 24.0 Å². The van der Waals surface area contributed by atoms with Gasteiger partial charge in [0.05, 0.1) is 0 Å². The Bertz CT molecular complexity index is 723. The van der Waals surface area contributed by atoms with Crippen LogP contribution in [0.1, 0.15) is 45.4 Å². The summed E-state index contributed by atoms with van der Waals surface area (Å²) < 4.78 is 5.35. The Morgan fingerprint density at radius 1 is 1.36 bits per heavy atom. The maximum absolute atomic E-state index is 12.7. The van der Waals surface area contributed by atoms with Gasteiger partial charge in [-0.2, -0.15) is 4.98 Å². The van der Waals surface area contributed by atoms with Crippen LogP contribution >= 0.6 is 11.6 Å². The second-order valence-corrected chi connectivity index (χ2v) is 7.32. The van der Waals surface area contributed by atoms with E-state index < -0.39 is 0 Å². The Morgan fingerprint density at radius 2 is 2.12 bits per heavy atom. The maximum atomic E-state index is 12.7. The Balaban J connectivity index is 1.64. The average molecular weight is 362 g/mol. The normalized spacial score (nSPS) is 15.0. The molecule has 0 radical (unpaired) electrons. The molecule has 0 aliphatic heterocycles. The number of amides is 1. The molecule has 1 aliphatic rings. The number of carbonyl (C=O) groups is 1. The van der Waals surface area contributed by atoms with Gasteiger partial charge in [0.25, 0.3) is 0 Å². The molecule has 1 aromatic heterocycles. The highest BCUT2D eigenvalue weighted by atomic mass is 35.5. The number of hydrogen-bond donors (Lipinski definition) is 0. The van der Waals surface area contributed by atoms with E-state index >= 15 is 0 Å². The highest BCUT2D eigenvalue weighted by Crippen LogP contribution is 2.27. The summed E-state index contributed by atoms with van der Waals surface area (Å²) in [5.41, 5.74) is 0.824. The summed E-state index contributed by atoms with van der Waals surface area (Å²) in [7, 11) is 0. The lowest BCUT2D eigenvalue weighted by Crippen LogP contribution is -2.41. The van der Waals surface area contributed by atoms with Gasteiger partial charge in [-0.15, -0.1) is 0 Å². The average Bonchev–Trinajstić information content (AvgIpc) is 3.26. The topological polar surface area (TPSA) is 59.2 Å². The zero-order valence-corrected chi connectivity index (χ0v) is 15.5. The molecule has 1 aliphatic carbocycles. The van der Waals surface area contributed by atoms with Gasteiger partial charge in [-0.3, -0.25) is 4.79 Å². The molecule has 25 heavy (non-hydrogen) atoms. The Labute approximate surface area is 153 Å². The fourth-order valence-electron chi connectivity index (χ4n) is 3.35. The first-order valence-corrected chi connectivity index (χ1v) is 9.31. The van der Waals surface area contributed by atoms with Crippen molar-refractivity contribution < 1.29 is 9.32 Å². The van der Waals surface area contributed by atoms with E-state index in [1.54, 1.807) is 12.1 Å². The van der Waals surface area contributed by atoms with E-state index in [1.165, 1.54) is 0 Å². The first-order chi connectivity index (χ1) is 12.0. The Morgan fingerprint density at radius 3 is 2.80 bits per heavy atom. The van der Waals surface area contributed by atoms with Gasteiger partial charge in [0.1, 0.15) is 0 Å². The fraction of sp³-hybridized carbons (Fsp3) is 0.526. The summed E-state index contributed by atoms with van der Waals surface area (Å²) >= 11 is 6.01. The van der Waals surface area contributed by atoms with Crippen molar-refractivity contribution in [3.63, 3.8) is 0 Å². The number of benzene rings is 1. The second kappa shape index (κ2) is 8.00. The third-order valence-electron chi connectivity index (χ3n) is 4.73. The Kier molecular flexibility index (Phi) is 5.74. The van der Waals surface area contributed by atoms with Crippen LogP contribution in [0.15, 0.2) is 28.8 Å². The third-order valence-corrected chi connectivity index (χ3v) is 4.96. The number of rotatable bonds is 6. The van der Waals surface area contributed by atoms with Crippen LogP contribution in [-0.2, 0) is 11.2 Å². The maximum Gasteiger partial charge on any atom is 0.228 e. The summed E-state index contributed by atoms with van der Waals surface area (Å²) in [4.78, 5) is 19.1. The predicted octanol–water partition coefficient (Wildman–Crippen LogP) is 4.36. The molecule has 1 fully saturated rings. The van der Waals surface area contributed by atoms with Gasteiger partial charge in [0.2, 0.25) is 17.6 Å². The molecule has 0 saturated heterocycles. The molecule has 5 nitrogen and oxygen atoms in total. The molecule has 134 valence electrons. The van der Waals surface area contributed by atoms with Gasteiger partial charge < -0.3 is 9.42 Å². The molecule has 0 bridgehead atoms. The monoisotopic (exact) mass is 361 g/mol. The number of halogens is 1. The summed E-state index contributed by atoms with van der Waals surface area (Å²) in [5, 5.41) is 4.66. The standard InChI is InChI=1S/C19H24ClN3O2/c1-13(2)23(19(24)14-6-3-4-7-14)11-10-17-21-18(22-25-17)15-8-5-9-16(20)12-15/h5,8-9,12-14H,3-4,6-7,10-11H2,1-2H3. The first-order valence-electron chi connectivity index (χ1n) is 8.93. The molecule has 0 atom stereocenters. The number of carbonyl (C=O) groups excluding carboxylic acids is 1. The van der Waals surface area contributed by atoms with E-state index in [-0.39, 0.29) is 17.9 Å². The van der Waals surface area contributed by atoms with Crippen LogP contribution in [0.4, 0.5) is 0 Å². The predicted molar refractivity (Wildman–Crippen MR) is 97.3 cm³/mol. The highest BCUT2D eigenvalue weighted by Gasteiger charge is 2.28. The molecule has 3 rings (SSSR count). The largest absolute Gasteiger partial charge is 0.340 e. The number of aromatic nitrogens is 2. The van der Waals surface area contributed by atoms with Gasteiger partial charge in [-0.1, -0.05) is 41.7 Å². The van der Waals surface area contributed by atoms with Gasteiger partial charge in [-0.05, 0) is 38.8 Å².